The maximum absolute atomic E-state index is 12.0. The van der Waals surface area contributed by atoms with Crippen LogP contribution in [0.5, 0.6) is 0 Å². The SMILES string of the molecule is [B]C(C)(I)CCC(=O)[C@@H]1CCC(=O)C[C@@H]1C. The van der Waals surface area contributed by atoms with Crippen molar-refractivity contribution in [1.82, 2.24) is 0 Å². The Morgan fingerprint density at radius 3 is 2.75 bits per heavy atom. The quantitative estimate of drug-likeness (QED) is 0.451. The molecule has 1 unspecified atom stereocenters. The van der Waals surface area contributed by atoms with Gasteiger partial charge in [-0.25, -0.2) is 0 Å². The molecule has 0 aromatic heterocycles. The van der Waals surface area contributed by atoms with Gasteiger partial charge in [-0.15, -0.1) is 0 Å². The number of Topliss-reactive ketones (excluding diaryl/α,β-unsaturated/α-hetero) is 2. The summed E-state index contributed by atoms with van der Waals surface area (Å²) in [7, 11) is 5.85. The molecule has 0 aromatic rings. The fraction of sp³-hybridized carbons (Fsp3) is 0.833. The summed E-state index contributed by atoms with van der Waals surface area (Å²) in [6.07, 6.45) is 3.13. The first-order valence-corrected chi connectivity index (χ1v) is 6.89. The first-order valence-electron chi connectivity index (χ1n) is 5.82. The largest absolute Gasteiger partial charge is 0.300 e. The number of carbonyl (C=O) groups is 2. The summed E-state index contributed by atoms with van der Waals surface area (Å²) in [5, 5.41) is 0. The van der Waals surface area contributed by atoms with Gasteiger partial charge in [0.15, 0.2) is 0 Å². The van der Waals surface area contributed by atoms with Crippen molar-refractivity contribution in [2.24, 2.45) is 11.8 Å². The van der Waals surface area contributed by atoms with E-state index in [9.17, 15) is 9.59 Å². The van der Waals surface area contributed by atoms with E-state index in [4.69, 9.17) is 7.85 Å². The van der Waals surface area contributed by atoms with Crippen molar-refractivity contribution in [3.8, 4) is 0 Å². The van der Waals surface area contributed by atoms with Crippen LogP contribution in [0.2, 0.25) is 0 Å². The third-order valence-electron chi connectivity index (χ3n) is 3.24. The van der Waals surface area contributed by atoms with E-state index in [1.165, 1.54) is 0 Å². The molecular formula is C12H18BIO2. The zero-order chi connectivity index (χ0) is 12.3. The van der Waals surface area contributed by atoms with Gasteiger partial charge in [-0.05, 0) is 22.1 Å². The third kappa shape index (κ3) is 4.56. The molecule has 0 amide bonds. The molecule has 88 valence electrons. The van der Waals surface area contributed by atoms with E-state index in [0.717, 1.165) is 6.42 Å². The predicted octanol–water partition coefficient (Wildman–Crippen LogP) is 2.66. The van der Waals surface area contributed by atoms with Gasteiger partial charge in [0.05, 0.1) is 7.85 Å². The summed E-state index contributed by atoms with van der Waals surface area (Å²) in [4.78, 5) is 23.2. The number of ketones is 2. The van der Waals surface area contributed by atoms with E-state index >= 15 is 0 Å². The van der Waals surface area contributed by atoms with Gasteiger partial charge < -0.3 is 0 Å². The molecule has 0 saturated heterocycles. The van der Waals surface area contributed by atoms with Crippen LogP contribution >= 0.6 is 22.6 Å². The van der Waals surface area contributed by atoms with E-state index in [0.29, 0.717) is 31.5 Å². The molecule has 0 heterocycles. The molecule has 0 N–H and O–H groups in total. The maximum Gasteiger partial charge on any atom is 0.136 e. The lowest BCUT2D eigenvalue weighted by Gasteiger charge is -2.27. The van der Waals surface area contributed by atoms with Gasteiger partial charge in [0.1, 0.15) is 11.6 Å². The van der Waals surface area contributed by atoms with E-state index in [1.54, 1.807) is 0 Å². The van der Waals surface area contributed by atoms with Crippen molar-refractivity contribution in [2.75, 3.05) is 0 Å². The Bertz CT molecular complexity index is 283. The molecule has 0 spiro atoms. The Balaban J connectivity index is 2.45. The molecule has 4 heteroatoms. The highest BCUT2D eigenvalue weighted by atomic mass is 127. The molecular weight excluding hydrogens is 314 g/mol. The summed E-state index contributed by atoms with van der Waals surface area (Å²) in [6, 6.07) is 0. The van der Waals surface area contributed by atoms with Crippen LogP contribution in [-0.2, 0) is 9.59 Å². The molecule has 0 aliphatic heterocycles. The van der Waals surface area contributed by atoms with Crippen LogP contribution in [0.15, 0.2) is 0 Å². The standard InChI is InChI=1S/C12H18BIO2/c1-8-7-9(15)3-4-10(8)11(16)5-6-12(2,13)14/h8,10H,3-7H2,1-2H3/t8-,10+,12?/m0/s1. The van der Waals surface area contributed by atoms with Crippen LogP contribution < -0.4 is 0 Å². The Hall–Kier alpha value is 0.135. The Morgan fingerprint density at radius 1 is 1.62 bits per heavy atom. The number of hydrogen-bond donors (Lipinski definition) is 0. The monoisotopic (exact) mass is 332 g/mol. The molecule has 1 fully saturated rings. The fourth-order valence-corrected chi connectivity index (χ4v) is 2.51. The minimum absolute atomic E-state index is 0.0800. The lowest BCUT2D eigenvalue weighted by atomic mass is 9.75. The highest BCUT2D eigenvalue weighted by Crippen LogP contribution is 2.30. The molecule has 1 aliphatic carbocycles. The van der Waals surface area contributed by atoms with Gasteiger partial charge in [-0.3, -0.25) is 9.59 Å². The smallest absolute Gasteiger partial charge is 0.136 e. The van der Waals surface area contributed by atoms with Gasteiger partial charge in [0.2, 0.25) is 0 Å². The lowest BCUT2D eigenvalue weighted by molar-refractivity contribution is -0.129. The molecule has 1 rings (SSSR count). The molecule has 3 atom stereocenters. The molecule has 0 aromatic carbocycles. The van der Waals surface area contributed by atoms with Crippen molar-refractivity contribution >= 4 is 42.0 Å². The Labute approximate surface area is 112 Å². The summed E-state index contributed by atoms with van der Waals surface area (Å²) < 4.78 is -0.304. The van der Waals surface area contributed by atoms with Crippen LogP contribution in [0.4, 0.5) is 0 Å². The molecule has 2 nitrogen and oxygen atoms in total. The van der Waals surface area contributed by atoms with Crippen molar-refractivity contribution in [3.05, 3.63) is 0 Å². The van der Waals surface area contributed by atoms with Gasteiger partial charge in [-0.2, -0.15) is 0 Å². The highest BCUT2D eigenvalue weighted by molar-refractivity contribution is 14.1. The Kier molecular flexibility index (Phi) is 5.01. The number of hydrogen-bond acceptors (Lipinski definition) is 2. The average molecular weight is 332 g/mol. The van der Waals surface area contributed by atoms with Crippen molar-refractivity contribution < 1.29 is 9.59 Å². The molecule has 1 aliphatic rings. The van der Waals surface area contributed by atoms with Crippen LogP contribution in [0.1, 0.15) is 46.0 Å². The van der Waals surface area contributed by atoms with Crippen molar-refractivity contribution in [3.63, 3.8) is 0 Å². The van der Waals surface area contributed by atoms with E-state index < -0.39 is 0 Å². The zero-order valence-electron chi connectivity index (χ0n) is 9.96. The second-order valence-corrected chi connectivity index (χ2v) is 7.57. The highest BCUT2D eigenvalue weighted by Gasteiger charge is 2.31. The minimum Gasteiger partial charge on any atom is -0.300 e. The van der Waals surface area contributed by atoms with Crippen LogP contribution in [0, 0.1) is 11.8 Å². The second kappa shape index (κ2) is 5.65. The summed E-state index contributed by atoms with van der Waals surface area (Å²) >= 11 is 2.16. The summed E-state index contributed by atoms with van der Waals surface area (Å²) in [5.41, 5.74) is 0. The van der Waals surface area contributed by atoms with Crippen LogP contribution in [-0.4, -0.2) is 22.7 Å². The second-order valence-electron chi connectivity index (χ2n) is 5.11. The number of halogens is 1. The topological polar surface area (TPSA) is 34.1 Å². The van der Waals surface area contributed by atoms with Gasteiger partial charge >= 0.3 is 0 Å². The van der Waals surface area contributed by atoms with Gasteiger partial charge in [-0.1, -0.05) is 36.4 Å². The maximum atomic E-state index is 12.0. The molecule has 16 heavy (non-hydrogen) atoms. The number of rotatable bonds is 4. The van der Waals surface area contributed by atoms with Crippen LogP contribution in [0.25, 0.3) is 0 Å². The predicted molar refractivity (Wildman–Crippen MR) is 73.9 cm³/mol. The van der Waals surface area contributed by atoms with Crippen LogP contribution in [0.3, 0.4) is 0 Å². The first kappa shape index (κ1) is 14.2. The van der Waals surface area contributed by atoms with Crippen molar-refractivity contribution in [1.29, 1.82) is 0 Å². The van der Waals surface area contributed by atoms with E-state index in [1.807, 2.05) is 13.8 Å². The molecule has 2 radical (unpaired) electrons. The van der Waals surface area contributed by atoms with Crippen molar-refractivity contribution in [2.45, 2.75) is 49.3 Å². The normalized spacial score (nSPS) is 29.8. The summed E-state index contributed by atoms with van der Waals surface area (Å²) in [6.45, 7) is 3.93. The molecule has 1 saturated carbocycles. The average Bonchev–Trinajstić information content (AvgIpc) is 2.13. The molecule has 0 bridgehead atoms. The van der Waals surface area contributed by atoms with Gasteiger partial charge in [0, 0.05) is 25.2 Å². The fourth-order valence-electron chi connectivity index (χ4n) is 2.24. The minimum atomic E-state index is -0.304. The van der Waals surface area contributed by atoms with Gasteiger partial charge in [0.25, 0.3) is 0 Å². The lowest BCUT2D eigenvalue weighted by Crippen LogP contribution is -2.30. The zero-order valence-corrected chi connectivity index (χ0v) is 12.1. The third-order valence-corrected chi connectivity index (χ3v) is 3.78. The number of carbonyl (C=O) groups excluding carboxylic acids is 2. The summed E-state index contributed by atoms with van der Waals surface area (Å²) in [5.74, 6) is 0.880. The first-order chi connectivity index (χ1) is 7.29. The number of alkyl halides is 1. The Morgan fingerprint density at radius 2 is 2.25 bits per heavy atom. The van der Waals surface area contributed by atoms with E-state index in [2.05, 4.69) is 22.6 Å². The van der Waals surface area contributed by atoms with E-state index in [-0.39, 0.29) is 20.9 Å².